The zero-order chi connectivity index (χ0) is 12.3. The number of carbonyl (C=O) groups is 1. The molecule has 4 heteroatoms. The summed E-state index contributed by atoms with van der Waals surface area (Å²) in [5.41, 5.74) is 5.46. The van der Waals surface area contributed by atoms with Gasteiger partial charge in [0.1, 0.15) is 17.3 Å². The fourth-order valence-corrected chi connectivity index (χ4v) is 1.56. The fraction of sp³-hybridized carbons (Fsp3) is 0.154. The number of furan rings is 1. The Labute approximate surface area is 98.0 Å². The van der Waals surface area contributed by atoms with Gasteiger partial charge < -0.3 is 10.2 Å². The van der Waals surface area contributed by atoms with E-state index in [-0.39, 0.29) is 18.1 Å². The molecule has 0 bridgehead atoms. The van der Waals surface area contributed by atoms with Crippen LogP contribution in [0.25, 0.3) is 11.3 Å². The molecule has 1 aromatic carbocycles. The zero-order valence-electron chi connectivity index (χ0n) is 9.15. The first-order valence-corrected chi connectivity index (χ1v) is 5.29. The van der Waals surface area contributed by atoms with Crippen LogP contribution < -0.4 is 5.73 Å². The van der Waals surface area contributed by atoms with E-state index < -0.39 is 0 Å². The molecule has 0 fully saturated rings. The number of amides is 1. The van der Waals surface area contributed by atoms with Crippen LogP contribution in [0.1, 0.15) is 12.2 Å². The molecule has 0 saturated heterocycles. The summed E-state index contributed by atoms with van der Waals surface area (Å²) < 4.78 is 18.9. The Balaban J connectivity index is 2.18. The summed E-state index contributed by atoms with van der Waals surface area (Å²) in [6, 6.07) is 9.80. The molecule has 3 nitrogen and oxygen atoms in total. The summed E-state index contributed by atoms with van der Waals surface area (Å²) in [4.78, 5) is 10.6. The second-order valence-electron chi connectivity index (χ2n) is 3.71. The summed E-state index contributed by atoms with van der Waals surface area (Å²) in [6.45, 7) is 0. The first-order valence-electron chi connectivity index (χ1n) is 5.29. The summed E-state index contributed by atoms with van der Waals surface area (Å²) in [7, 11) is 0. The number of carbonyl (C=O) groups excluding carboxylic acids is 1. The molecule has 0 unspecified atom stereocenters. The van der Waals surface area contributed by atoms with Gasteiger partial charge in [-0.25, -0.2) is 4.39 Å². The van der Waals surface area contributed by atoms with Crippen LogP contribution in [-0.4, -0.2) is 5.91 Å². The molecule has 2 aromatic rings. The highest BCUT2D eigenvalue weighted by atomic mass is 19.1. The minimum atomic E-state index is -0.381. The third kappa shape index (κ3) is 2.72. The molecule has 0 aliphatic rings. The van der Waals surface area contributed by atoms with Crippen molar-refractivity contribution in [2.75, 3.05) is 0 Å². The van der Waals surface area contributed by atoms with Crippen molar-refractivity contribution in [2.24, 2.45) is 5.73 Å². The zero-order valence-corrected chi connectivity index (χ0v) is 9.15. The smallest absolute Gasteiger partial charge is 0.217 e. The lowest BCUT2D eigenvalue weighted by Crippen LogP contribution is -2.10. The lowest BCUT2D eigenvalue weighted by atomic mass is 10.1. The second kappa shape index (κ2) is 4.82. The Bertz CT molecular complexity index is 534. The maximum absolute atomic E-state index is 13.5. The number of hydrogen-bond donors (Lipinski definition) is 1. The van der Waals surface area contributed by atoms with Gasteiger partial charge in [-0.1, -0.05) is 12.1 Å². The molecular formula is C13H12FNO2. The van der Waals surface area contributed by atoms with E-state index in [9.17, 15) is 9.18 Å². The Morgan fingerprint density at radius 2 is 2.00 bits per heavy atom. The van der Waals surface area contributed by atoms with Gasteiger partial charge in [-0.15, -0.1) is 0 Å². The van der Waals surface area contributed by atoms with Crippen LogP contribution in [-0.2, 0) is 11.2 Å². The summed E-state index contributed by atoms with van der Waals surface area (Å²) >= 11 is 0. The molecule has 2 N–H and O–H groups in total. The summed E-state index contributed by atoms with van der Waals surface area (Å²) in [6.07, 6.45) is 0.661. The first kappa shape index (κ1) is 11.4. The standard InChI is InChI=1S/C13H12FNO2/c14-11-4-2-1-3-10(11)12-7-5-9(17-12)6-8-13(15)16/h1-5,7H,6,8H2,(H2,15,16). The summed E-state index contributed by atoms with van der Waals surface area (Å²) in [5, 5.41) is 0. The molecule has 0 aliphatic heterocycles. The number of rotatable bonds is 4. The molecule has 0 saturated carbocycles. The minimum absolute atomic E-state index is 0.226. The van der Waals surface area contributed by atoms with Crippen LogP contribution in [0.4, 0.5) is 4.39 Å². The van der Waals surface area contributed by atoms with Gasteiger partial charge in [0, 0.05) is 12.8 Å². The molecule has 0 spiro atoms. The normalized spacial score (nSPS) is 10.4. The number of aryl methyl sites for hydroxylation is 1. The summed E-state index contributed by atoms with van der Waals surface area (Å²) in [5.74, 6) is 0.377. The SMILES string of the molecule is NC(=O)CCc1ccc(-c2ccccc2F)o1. The maximum atomic E-state index is 13.5. The predicted octanol–water partition coefficient (Wildman–Crippen LogP) is 2.50. The molecular weight excluding hydrogens is 221 g/mol. The van der Waals surface area contributed by atoms with Gasteiger partial charge in [0.15, 0.2) is 0 Å². The molecule has 2 rings (SSSR count). The van der Waals surface area contributed by atoms with Gasteiger partial charge in [0.25, 0.3) is 0 Å². The van der Waals surface area contributed by atoms with Gasteiger partial charge in [0.05, 0.1) is 5.56 Å². The number of hydrogen-bond acceptors (Lipinski definition) is 2. The van der Waals surface area contributed by atoms with Crippen LogP contribution in [0.5, 0.6) is 0 Å². The molecule has 0 atom stereocenters. The molecule has 0 radical (unpaired) electrons. The maximum Gasteiger partial charge on any atom is 0.217 e. The van der Waals surface area contributed by atoms with Crippen LogP contribution in [0.15, 0.2) is 40.8 Å². The van der Waals surface area contributed by atoms with Crippen LogP contribution in [0, 0.1) is 5.82 Å². The van der Waals surface area contributed by atoms with Crippen molar-refractivity contribution in [3.8, 4) is 11.3 Å². The minimum Gasteiger partial charge on any atom is -0.461 e. The topological polar surface area (TPSA) is 56.2 Å². The van der Waals surface area contributed by atoms with E-state index >= 15 is 0 Å². The van der Waals surface area contributed by atoms with Crippen molar-refractivity contribution < 1.29 is 13.6 Å². The average molecular weight is 233 g/mol. The number of halogens is 1. The molecule has 88 valence electrons. The van der Waals surface area contributed by atoms with E-state index in [1.165, 1.54) is 6.07 Å². The largest absolute Gasteiger partial charge is 0.461 e. The molecule has 0 aliphatic carbocycles. The lowest BCUT2D eigenvalue weighted by molar-refractivity contribution is -0.118. The van der Waals surface area contributed by atoms with Gasteiger partial charge in [-0.2, -0.15) is 0 Å². The van der Waals surface area contributed by atoms with E-state index in [1.807, 2.05) is 0 Å². The third-order valence-corrected chi connectivity index (χ3v) is 2.42. The van der Waals surface area contributed by atoms with Crippen molar-refractivity contribution in [2.45, 2.75) is 12.8 Å². The Morgan fingerprint density at radius 3 is 2.71 bits per heavy atom. The average Bonchev–Trinajstić information content (AvgIpc) is 2.75. The highest BCUT2D eigenvalue weighted by Gasteiger charge is 2.09. The quantitative estimate of drug-likeness (QED) is 0.882. The Morgan fingerprint density at radius 1 is 1.24 bits per heavy atom. The van der Waals surface area contributed by atoms with E-state index in [1.54, 1.807) is 30.3 Å². The van der Waals surface area contributed by atoms with E-state index in [2.05, 4.69) is 0 Å². The predicted molar refractivity (Wildman–Crippen MR) is 61.6 cm³/mol. The van der Waals surface area contributed by atoms with Gasteiger partial charge in [-0.05, 0) is 24.3 Å². The van der Waals surface area contributed by atoms with Gasteiger partial charge in [0.2, 0.25) is 5.91 Å². The van der Waals surface area contributed by atoms with E-state index in [0.29, 0.717) is 23.5 Å². The van der Waals surface area contributed by atoms with Gasteiger partial charge in [-0.3, -0.25) is 4.79 Å². The number of benzene rings is 1. The monoisotopic (exact) mass is 233 g/mol. The Hall–Kier alpha value is -2.10. The van der Waals surface area contributed by atoms with Gasteiger partial charge >= 0.3 is 0 Å². The van der Waals surface area contributed by atoms with Crippen molar-refractivity contribution in [1.29, 1.82) is 0 Å². The number of nitrogens with two attached hydrogens (primary N) is 1. The molecule has 17 heavy (non-hydrogen) atoms. The van der Waals surface area contributed by atoms with Crippen molar-refractivity contribution in [3.63, 3.8) is 0 Å². The van der Waals surface area contributed by atoms with Crippen LogP contribution >= 0.6 is 0 Å². The molecule has 1 heterocycles. The first-order chi connectivity index (χ1) is 8.16. The van der Waals surface area contributed by atoms with Crippen molar-refractivity contribution >= 4 is 5.91 Å². The molecule has 1 amide bonds. The van der Waals surface area contributed by atoms with E-state index in [0.717, 1.165) is 0 Å². The van der Waals surface area contributed by atoms with Crippen LogP contribution in [0.3, 0.4) is 0 Å². The third-order valence-electron chi connectivity index (χ3n) is 2.42. The van der Waals surface area contributed by atoms with Crippen molar-refractivity contribution in [3.05, 3.63) is 48.0 Å². The Kier molecular flexibility index (Phi) is 3.23. The second-order valence-corrected chi connectivity index (χ2v) is 3.71. The van der Waals surface area contributed by atoms with Crippen molar-refractivity contribution in [1.82, 2.24) is 0 Å². The highest BCUT2D eigenvalue weighted by Crippen LogP contribution is 2.25. The van der Waals surface area contributed by atoms with Crippen LogP contribution in [0.2, 0.25) is 0 Å². The van der Waals surface area contributed by atoms with E-state index in [4.69, 9.17) is 10.2 Å². The highest BCUT2D eigenvalue weighted by molar-refractivity contribution is 5.73. The lowest BCUT2D eigenvalue weighted by Gasteiger charge is -1.98. The number of primary amides is 1. The molecule has 1 aromatic heterocycles. The fourth-order valence-electron chi connectivity index (χ4n) is 1.56.